The van der Waals surface area contributed by atoms with Crippen LogP contribution in [0.15, 0.2) is 6.07 Å². The second-order valence-corrected chi connectivity index (χ2v) is 5.25. The molecule has 1 aliphatic rings. The molecule has 6 nitrogen and oxygen atoms in total. The number of primary amides is 1. The van der Waals surface area contributed by atoms with E-state index >= 15 is 0 Å². The van der Waals surface area contributed by atoms with Gasteiger partial charge in [-0.25, -0.2) is 9.78 Å². The average Bonchev–Trinajstić information content (AvgIpc) is 2.37. The van der Waals surface area contributed by atoms with Crippen LogP contribution in [0.5, 0.6) is 0 Å². The molecule has 1 aliphatic heterocycles. The summed E-state index contributed by atoms with van der Waals surface area (Å²) in [6, 6.07) is 1.77. The maximum absolute atomic E-state index is 11.4. The van der Waals surface area contributed by atoms with Crippen LogP contribution in [0, 0.1) is 19.8 Å². The number of nitrogens with two attached hydrogens (primary N) is 1. The molecule has 0 aliphatic carbocycles. The average molecular weight is 277 g/mol. The number of carbonyl (C=O) groups is 2. The highest BCUT2D eigenvalue weighted by Crippen LogP contribution is 2.27. The predicted octanol–water partition coefficient (Wildman–Crippen LogP) is 1.10. The van der Waals surface area contributed by atoms with Gasteiger partial charge in [0.2, 0.25) is 5.91 Å². The summed E-state index contributed by atoms with van der Waals surface area (Å²) in [4.78, 5) is 28.9. The van der Waals surface area contributed by atoms with Crippen LogP contribution in [0.2, 0.25) is 0 Å². The fourth-order valence-corrected chi connectivity index (χ4v) is 2.69. The number of carboxylic acid groups (broad SMARTS) is 1. The summed E-state index contributed by atoms with van der Waals surface area (Å²) in [5.74, 6) is -0.873. The molecule has 20 heavy (non-hydrogen) atoms. The molecule has 0 saturated carbocycles. The van der Waals surface area contributed by atoms with Crippen molar-refractivity contribution in [2.75, 3.05) is 18.0 Å². The smallest absolute Gasteiger partial charge is 0.339 e. The molecular weight excluding hydrogens is 258 g/mol. The van der Waals surface area contributed by atoms with Gasteiger partial charge in [0, 0.05) is 24.7 Å². The van der Waals surface area contributed by atoms with Crippen LogP contribution in [-0.2, 0) is 4.79 Å². The van der Waals surface area contributed by atoms with E-state index in [0.717, 1.165) is 5.69 Å². The van der Waals surface area contributed by atoms with E-state index in [0.29, 0.717) is 37.3 Å². The summed E-state index contributed by atoms with van der Waals surface area (Å²) < 4.78 is 0. The lowest BCUT2D eigenvalue weighted by molar-refractivity contribution is -0.122. The molecule has 0 atom stereocenters. The SMILES string of the molecule is Cc1cc(C)c(C(=O)O)c(N2CCC(C(N)=O)CC2)n1. The van der Waals surface area contributed by atoms with E-state index in [4.69, 9.17) is 5.73 Å². The molecule has 1 aromatic heterocycles. The number of aromatic nitrogens is 1. The number of hydrogen-bond acceptors (Lipinski definition) is 4. The first-order valence-electron chi connectivity index (χ1n) is 6.66. The summed E-state index contributed by atoms with van der Waals surface area (Å²) in [6.07, 6.45) is 1.28. The third-order valence-electron chi connectivity index (χ3n) is 3.74. The van der Waals surface area contributed by atoms with Gasteiger partial charge in [-0.15, -0.1) is 0 Å². The number of rotatable bonds is 3. The molecule has 0 spiro atoms. The first kappa shape index (κ1) is 14.3. The largest absolute Gasteiger partial charge is 0.478 e. The molecule has 0 radical (unpaired) electrons. The number of piperidine rings is 1. The summed E-state index contributed by atoms with van der Waals surface area (Å²) in [7, 11) is 0. The number of pyridine rings is 1. The topological polar surface area (TPSA) is 96.5 Å². The van der Waals surface area contributed by atoms with Gasteiger partial charge in [0.1, 0.15) is 11.4 Å². The van der Waals surface area contributed by atoms with Crippen molar-refractivity contribution < 1.29 is 14.7 Å². The number of nitrogens with zero attached hydrogens (tertiary/aromatic N) is 2. The van der Waals surface area contributed by atoms with E-state index in [1.807, 2.05) is 11.8 Å². The number of anilines is 1. The first-order valence-corrected chi connectivity index (χ1v) is 6.66. The third kappa shape index (κ3) is 2.74. The second-order valence-electron chi connectivity index (χ2n) is 5.25. The molecule has 0 unspecified atom stereocenters. The Morgan fingerprint density at radius 3 is 2.45 bits per heavy atom. The highest BCUT2D eigenvalue weighted by molar-refractivity contribution is 5.95. The number of hydrogen-bond donors (Lipinski definition) is 2. The Morgan fingerprint density at radius 2 is 1.95 bits per heavy atom. The minimum absolute atomic E-state index is 0.120. The van der Waals surface area contributed by atoms with Crippen LogP contribution in [0.25, 0.3) is 0 Å². The lowest BCUT2D eigenvalue weighted by atomic mass is 9.95. The van der Waals surface area contributed by atoms with E-state index in [2.05, 4.69) is 4.98 Å². The summed E-state index contributed by atoms with van der Waals surface area (Å²) in [6.45, 7) is 4.82. The molecule has 108 valence electrons. The van der Waals surface area contributed by atoms with Gasteiger partial charge >= 0.3 is 5.97 Å². The van der Waals surface area contributed by atoms with Gasteiger partial charge in [0.15, 0.2) is 0 Å². The van der Waals surface area contributed by atoms with Crippen molar-refractivity contribution in [2.24, 2.45) is 11.7 Å². The van der Waals surface area contributed by atoms with Gasteiger partial charge in [-0.05, 0) is 38.3 Å². The van der Waals surface area contributed by atoms with Crippen LogP contribution in [0.3, 0.4) is 0 Å². The monoisotopic (exact) mass is 277 g/mol. The van der Waals surface area contributed by atoms with E-state index < -0.39 is 5.97 Å². The molecule has 1 saturated heterocycles. The summed E-state index contributed by atoms with van der Waals surface area (Å²) >= 11 is 0. The maximum Gasteiger partial charge on any atom is 0.339 e. The minimum Gasteiger partial charge on any atom is -0.478 e. The van der Waals surface area contributed by atoms with Crippen molar-refractivity contribution in [3.63, 3.8) is 0 Å². The zero-order valence-corrected chi connectivity index (χ0v) is 11.7. The Balaban J connectivity index is 2.30. The maximum atomic E-state index is 11.4. The van der Waals surface area contributed by atoms with Crippen molar-refractivity contribution in [1.29, 1.82) is 0 Å². The molecule has 1 fully saturated rings. The third-order valence-corrected chi connectivity index (χ3v) is 3.74. The van der Waals surface area contributed by atoms with Crippen molar-refractivity contribution in [3.05, 3.63) is 22.9 Å². The van der Waals surface area contributed by atoms with Crippen molar-refractivity contribution >= 4 is 17.7 Å². The number of carboxylic acids is 1. The van der Waals surface area contributed by atoms with Crippen LogP contribution in [0.1, 0.15) is 34.5 Å². The second kappa shape index (κ2) is 5.48. The Labute approximate surface area is 117 Å². The molecule has 2 heterocycles. The summed E-state index contributed by atoms with van der Waals surface area (Å²) in [5.41, 5.74) is 7.05. The zero-order valence-electron chi connectivity index (χ0n) is 11.7. The fourth-order valence-electron chi connectivity index (χ4n) is 2.69. The van der Waals surface area contributed by atoms with Gasteiger partial charge in [-0.2, -0.15) is 0 Å². The Morgan fingerprint density at radius 1 is 1.35 bits per heavy atom. The molecule has 1 aromatic rings. The lowest BCUT2D eigenvalue weighted by Crippen LogP contribution is -2.39. The minimum atomic E-state index is -0.970. The van der Waals surface area contributed by atoms with Gasteiger partial charge < -0.3 is 15.7 Å². The van der Waals surface area contributed by atoms with Crippen molar-refractivity contribution in [2.45, 2.75) is 26.7 Å². The first-order chi connectivity index (χ1) is 9.40. The van der Waals surface area contributed by atoms with E-state index in [1.165, 1.54) is 0 Å². The number of aromatic carboxylic acids is 1. The van der Waals surface area contributed by atoms with E-state index in [1.54, 1.807) is 13.0 Å². The molecular formula is C14H19N3O3. The molecule has 6 heteroatoms. The Hall–Kier alpha value is -2.11. The zero-order chi connectivity index (χ0) is 14.9. The van der Waals surface area contributed by atoms with Gasteiger partial charge in [0.05, 0.1) is 0 Å². The standard InChI is InChI=1S/C14H19N3O3/c1-8-7-9(2)16-13(11(8)14(19)20)17-5-3-10(4-6-17)12(15)18/h7,10H,3-6H2,1-2H3,(H2,15,18)(H,19,20). The van der Waals surface area contributed by atoms with E-state index in [9.17, 15) is 14.7 Å². The van der Waals surface area contributed by atoms with Gasteiger partial charge in [-0.1, -0.05) is 0 Å². The highest BCUT2D eigenvalue weighted by Gasteiger charge is 2.27. The quantitative estimate of drug-likeness (QED) is 0.862. The molecule has 1 amide bonds. The van der Waals surface area contributed by atoms with Gasteiger partial charge in [-0.3, -0.25) is 4.79 Å². The van der Waals surface area contributed by atoms with Crippen LogP contribution < -0.4 is 10.6 Å². The Bertz CT molecular complexity index is 549. The molecule has 0 bridgehead atoms. The van der Waals surface area contributed by atoms with Crippen molar-refractivity contribution in [1.82, 2.24) is 4.98 Å². The van der Waals surface area contributed by atoms with Crippen LogP contribution in [0.4, 0.5) is 5.82 Å². The molecule has 2 rings (SSSR count). The number of amides is 1. The number of aryl methyl sites for hydroxylation is 2. The summed E-state index contributed by atoms with van der Waals surface area (Å²) in [5, 5.41) is 9.37. The lowest BCUT2D eigenvalue weighted by Gasteiger charge is -2.32. The fraction of sp³-hybridized carbons (Fsp3) is 0.500. The van der Waals surface area contributed by atoms with Crippen LogP contribution in [-0.4, -0.2) is 35.1 Å². The molecule has 3 N–H and O–H groups in total. The van der Waals surface area contributed by atoms with E-state index in [-0.39, 0.29) is 17.4 Å². The highest BCUT2D eigenvalue weighted by atomic mass is 16.4. The number of carbonyl (C=O) groups excluding carboxylic acids is 1. The molecule has 0 aromatic carbocycles. The van der Waals surface area contributed by atoms with Crippen molar-refractivity contribution in [3.8, 4) is 0 Å². The predicted molar refractivity (Wildman–Crippen MR) is 74.8 cm³/mol. The van der Waals surface area contributed by atoms with Crippen LogP contribution >= 0.6 is 0 Å². The normalized spacial score (nSPS) is 16.2. The van der Waals surface area contributed by atoms with Gasteiger partial charge in [0.25, 0.3) is 0 Å². The Kier molecular flexibility index (Phi) is 3.92.